The van der Waals surface area contributed by atoms with E-state index in [0.29, 0.717) is 4.88 Å². The van der Waals surface area contributed by atoms with Gasteiger partial charge in [-0.25, -0.2) is 9.18 Å². The van der Waals surface area contributed by atoms with E-state index in [4.69, 9.17) is 5.11 Å². The summed E-state index contributed by atoms with van der Waals surface area (Å²) < 4.78 is 13.2. The minimum atomic E-state index is -1.22. The van der Waals surface area contributed by atoms with E-state index in [1.54, 1.807) is 6.07 Å². The maximum absolute atomic E-state index is 13.2. The van der Waals surface area contributed by atoms with E-state index in [1.807, 2.05) is 13.8 Å². The van der Waals surface area contributed by atoms with Crippen molar-refractivity contribution in [2.24, 2.45) is 0 Å². The van der Waals surface area contributed by atoms with Gasteiger partial charge < -0.3 is 10.4 Å². The van der Waals surface area contributed by atoms with Crippen LogP contribution in [0.2, 0.25) is 0 Å². The number of aromatic carboxylic acids is 1. The number of hydrogen-bond donors (Lipinski definition) is 2. The molecule has 21 heavy (non-hydrogen) atoms. The monoisotopic (exact) mass is 307 g/mol. The molecule has 0 aliphatic carbocycles. The van der Waals surface area contributed by atoms with Gasteiger partial charge in [0.2, 0.25) is 0 Å². The zero-order valence-electron chi connectivity index (χ0n) is 11.6. The number of carbonyl (C=O) groups excluding carboxylic acids is 1. The molecule has 4 nitrogen and oxygen atoms in total. The van der Waals surface area contributed by atoms with E-state index in [0.717, 1.165) is 35.1 Å². The summed E-state index contributed by atoms with van der Waals surface area (Å²) in [5.41, 5.74) is 0.883. The highest BCUT2D eigenvalue weighted by molar-refractivity contribution is 7.14. The first kappa shape index (κ1) is 15.2. The molecule has 0 aliphatic heterocycles. The minimum Gasteiger partial charge on any atom is -0.478 e. The lowest BCUT2D eigenvalue weighted by Crippen LogP contribution is -2.14. The Balaban J connectivity index is 2.30. The number of carboxylic acid groups (broad SMARTS) is 1. The maximum atomic E-state index is 13.2. The standard InChI is InChI=1S/C15H14FNO3S/c1-3-9-6-13(21-8(9)2)14(18)17-12-7-10(16)4-5-11(12)15(19)20/h4-7H,3H2,1-2H3,(H,17,18)(H,19,20). The lowest BCUT2D eigenvalue weighted by molar-refractivity contribution is 0.0698. The van der Waals surface area contributed by atoms with Crippen LogP contribution in [0.4, 0.5) is 10.1 Å². The van der Waals surface area contributed by atoms with Gasteiger partial charge in [0.05, 0.1) is 16.1 Å². The third-order valence-corrected chi connectivity index (χ3v) is 4.18. The third kappa shape index (κ3) is 3.28. The molecule has 1 aromatic carbocycles. The third-order valence-electron chi connectivity index (χ3n) is 3.09. The van der Waals surface area contributed by atoms with Gasteiger partial charge in [-0.1, -0.05) is 6.92 Å². The molecule has 1 heterocycles. The molecule has 0 spiro atoms. The molecule has 0 bridgehead atoms. The molecule has 1 amide bonds. The van der Waals surface area contributed by atoms with E-state index in [-0.39, 0.29) is 11.3 Å². The second-order valence-electron chi connectivity index (χ2n) is 4.49. The number of halogens is 1. The van der Waals surface area contributed by atoms with Crippen molar-refractivity contribution >= 4 is 28.9 Å². The molecule has 0 unspecified atom stereocenters. The summed E-state index contributed by atoms with van der Waals surface area (Å²) in [6.45, 7) is 3.91. The molecule has 2 aromatic rings. The molecule has 6 heteroatoms. The number of rotatable bonds is 4. The van der Waals surface area contributed by atoms with Crippen LogP contribution in [0.3, 0.4) is 0 Å². The Morgan fingerprint density at radius 3 is 2.62 bits per heavy atom. The topological polar surface area (TPSA) is 66.4 Å². The summed E-state index contributed by atoms with van der Waals surface area (Å²) in [5, 5.41) is 11.5. The first-order valence-corrected chi connectivity index (χ1v) is 7.17. The molecule has 2 N–H and O–H groups in total. The summed E-state index contributed by atoms with van der Waals surface area (Å²) in [6.07, 6.45) is 0.815. The average molecular weight is 307 g/mol. The van der Waals surface area contributed by atoms with Gasteiger partial charge in [-0.2, -0.15) is 0 Å². The Labute approximate surface area is 125 Å². The first-order valence-electron chi connectivity index (χ1n) is 6.36. The minimum absolute atomic E-state index is 0.0448. The van der Waals surface area contributed by atoms with E-state index in [1.165, 1.54) is 11.3 Å². The van der Waals surface area contributed by atoms with Gasteiger partial charge in [0.15, 0.2) is 0 Å². The van der Waals surface area contributed by atoms with Crippen LogP contribution in [0.25, 0.3) is 0 Å². The predicted octanol–water partition coefficient (Wildman–Crippen LogP) is 3.71. The van der Waals surface area contributed by atoms with Crippen molar-refractivity contribution in [3.8, 4) is 0 Å². The largest absolute Gasteiger partial charge is 0.478 e. The predicted molar refractivity (Wildman–Crippen MR) is 79.7 cm³/mol. The summed E-state index contributed by atoms with van der Waals surface area (Å²) in [6, 6.07) is 4.95. The number of amides is 1. The summed E-state index contributed by atoms with van der Waals surface area (Å²) >= 11 is 1.33. The van der Waals surface area contributed by atoms with Gasteiger partial charge >= 0.3 is 5.97 Å². The molecule has 0 saturated carbocycles. The fraction of sp³-hybridized carbons (Fsp3) is 0.200. The van der Waals surface area contributed by atoms with Crippen LogP contribution < -0.4 is 5.32 Å². The first-order chi connectivity index (χ1) is 9.92. The van der Waals surface area contributed by atoms with Crippen LogP contribution >= 0.6 is 11.3 Å². The second-order valence-corrected chi connectivity index (χ2v) is 5.75. The zero-order chi connectivity index (χ0) is 15.6. The molecule has 0 fully saturated rings. The molecule has 1 aromatic heterocycles. The van der Waals surface area contributed by atoms with Crippen LogP contribution in [-0.4, -0.2) is 17.0 Å². The highest BCUT2D eigenvalue weighted by atomic mass is 32.1. The summed E-state index contributed by atoms with van der Waals surface area (Å²) in [4.78, 5) is 24.8. The molecular weight excluding hydrogens is 293 g/mol. The molecule has 0 aliphatic rings. The quantitative estimate of drug-likeness (QED) is 0.905. The fourth-order valence-electron chi connectivity index (χ4n) is 1.97. The number of carbonyl (C=O) groups is 2. The number of nitrogens with one attached hydrogen (secondary N) is 1. The highest BCUT2D eigenvalue weighted by Gasteiger charge is 2.16. The van der Waals surface area contributed by atoms with Gasteiger partial charge in [-0.05, 0) is 43.2 Å². The molecular formula is C15H14FNO3S. The SMILES string of the molecule is CCc1cc(C(=O)Nc2cc(F)ccc2C(=O)O)sc1C. The molecule has 0 atom stereocenters. The second kappa shape index (κ2) is 6.05. The van der Waals surface area contributed by atoms with Crippen molar-refractivity contribution in [1.82, 2.24) is 0 Å². The Bertz CT molecular complexity index is 709. The summed E-state index contributed by atoms with van der Waals surface area (Å²) in [5.74, 6) is -2.26. The van der Waals surface area contributed by atoms with Crippen molar-refractivity contribution in [3.63, 3.8) is 0 Å². The number of benzene rings is 1. The highest BCUT2D eigenvalue weighted by Crippen LogP contribution is 2.24. The van der Waals surface area contributed by atoms with E-state index in [9.17, 15) is 14.0 Å². The maximum Gasteiger partial charge on any atom is 0.337 e. The van der Waals surface area contributed by atoms with Gasteiger partial charge in [-0.3, -0.25) is 4.79 Å². The molecule has 110 valence electrons. The van der Waals surface area contributed by atoms with Gasteiger partial charge in [0.25, 0.3) is 5.91 Å². The Morgan fingerprint density at radius 1 is 1.33 bits per heavy atom. The van der Waals surface area contributed by atoms with Crippen molar-refractivity contribution in [2.45, 2.75) is 20.3 Å². The number of anilines is 1. The number of carboxylic acids is 1. The van der Waals surface area contributed by atoms with Gasteiger partial charge in [0, 0.05) is 4.88 Å². The molecule has 0 saturated heterocycles. The lowest BCUT2D eigenvalue weighted by Gasteiger charge is -2.07. The van der Waals surface area contributed by atoms with Crippen LogP contribution in [0, 0.1) is 12.7 Å². The van der Waals surface area contributed by atoms with Crippen molar-refractivity contribution < 1.29 is 19.1 Å². The number of aryl methyl sites for hydroxylation is 2. The van der Waals surface area contributed by atoms with Crippen LogP contribution in [0.1, 0.15) is 37.4 Å². The van der Waals surface area contributed by atoms with Gasteiger partial charge in [-0.15, -0.1) is 11.3 Å². The van der Waals surface area contributed by atoms with Gasteiger partial charge in [0.1, 0.15) is 5.82 Å². The Hall–Kier alpha value is -2.21. The number of hydrogen-bond acceptors (Lipinski definition) is 3. The summed E-state index contributed by atoms with van der Waals surface area (Å²) in [7, 11) is 0. The van der Waals surface area contributed by atoms with E-state index in [2.05, 4.69) is 5.32 Å². The van der Waals surface area contributed by atoms with E-state index < -0.39 is 17.7 Å². The Kier molecular flexibility index (Phi) is 4.37. The van der Waals surface area contributed by atoms with Crippen molar-refractivity contribution in [2.75, 3.05) is 5.32 Å². The van der Waals surface area contributed by atoms with Crippen LogP contribution in [-0.2, 0) is 6.42 Å². The smallest absolute Gasteiger partial charge is 0.337 e. The molecule has 0 radical (unpaired) electrons. The fourth-order valence-corrected chi connectivity index (χ4v) is 2.98. The van der Waals surface area contributed by atoms with Crippen LogP contribution in [0.5, 0.6) is 0 Å². The Morgan fingerprint density at radius 2 is 2.05 bits per heavy atom. The van der Waals surface area contributed by atoms with Crippen molar-refractivity contribution in [1.29, 1.82) is 0 Å². The van der Waals surface area contributed by atoms with Crippen molar-refractivity contribution in [3.05, 3.63) is 51.0 Å². The zero-order valence-corrected chi connectivity index (χ0v) is 12.4. The molecule has 2 rings (SSSR count). The van der Waals surface area contributed by atoms with E-state index >= 15 is 0 Å². The normalized spacial score (nSPS) is 10.4. The lowest BCUT2D eigenvalue weighted by atomic mass is 10.1. The average Bonchev–Trinajstić information content (AvgIpc) is 2.79. The number of thiophene rings is 1. The van der Waals surface area contributed by atoms with Crippen LogP contribution in [0.15, 0.2) is 24.3 Å².